The van der Waals surface area contributed by atoms with Crippen LogP contribution in [0.1, 0.15) is 50.2 Å². The monoisotopic (exact) mass is 253 g/mol. The molecule has 1 N–H and O–H groups in total. The van der Waals surface area contributed by atoms with Crippen molar-refractivity contribution in [2.75, 3.05) is 0 Å². The third-order valence-electron chi connectivity index (χ3n) is 4.02. The van der Waals surface area contributed by atoms with Crippen molar-refractivity contribution in [2.45, 2.75) is 58.5 Å². The molecule has 96 valence electrons. The highest BCUT2D eigenvalue weighted by atomic mass is 32.1. The van der Waals surface area contributed by atoms with Crippen LogP contribution in [0.2, 0.25) is 0 Å². The standard InChI is InChI=1S/C14H23NOS/c1-10(2)13-6-4-5-7-14(13,16)8-12-9-17-11(3)15-12/h9-10,13,16H,4-8H2,1-3H3. The van der Waals surface area contributed by atoms with E-state index in [1.165, 1.54) is 6.42 Å². The first-order chi connectivity index (χ1) is 8.01. The number of hydrogen-bond acceptors (Lipinski definition) is 3. The predicted molar refractivity (Wildman–Crippen MR) is 72.3 cm³/mol. The first kappa shape index (κ1) is 13.0. The van der Waals surface area contributed by atoms with Crippen LogP contribution < -0.4 is 0 Å². The van der Waals surface area contributed by atoms with Gasteiger partial charge in [-0.25, -0.2) is 4.98 Å². The van der Waals surface area contributed by atoms with Crippen molar-refractivity contribution < 1.29 is 5.11 Å². The summed E-state index contributed by atoms with van der Waals surface area (Å²) in [5.74, 6) is 0.985. The van der Waals surface area contributed by atoms with Gasteiger partial charge in [0.1, 0.15) is 0 Å². The maximum absolute atomic E-state index is 10.9. The van der Waals surface area contributed by atoms with E-state index in [1.54, 1.807) is 11.3 Å². The molecule has 0 saturated heterocycles. The van der Waals surface area contributed by atoms with E-state index in [0.717, 1.165) is 36.4 Å². The van der Waals surface area contributed by atoms with Gasteiger partial charge in [-0.05, 0) is 31.6 Å². The van der Waals surface area contributed by atoms with Crippen LogP contribution in [0.4, 0.5) is 0 Å². The second-order valence-corrected chi connectivity index (χ2v) is 6.80. The molecule has 0 amide bonds. The summed E-state index contributed by atoms with van der Waals surface area (Å²) in [5.41, 5.74) is 0.551. The molecule has 1 aromatic heterocycles. The fourth-order valence-corrected chi connectivity index (χ4v) is 3.84. The van der Waals surface area contributed by atoms with E-state index in [1.807, 2.05) is 6.92 Å². The molecule has 1 aliphatic rings. The topological polar surface area (TPSA) is 33.1 Å². The van der Waals surface area contributed by atoms with Gasteiger partial charge in [-0.15, -0.1) is 11.3 Å². The molecule has 2 unspecified atom stereocenters. The highest BCUT2D eigenvalue weighted by molar-refractivity contribution is 7.09. The second kappa shape index (κ2) is 5.07. The molecule has 0 spiro atoms. The molecular formula is C14H23NOS. The van der Waals surface area contributed by atoms with E-state index >= 15 is 0 Å². The molecule has 1 aromatic rings. The van der Waals surface area contributed by atoms with E-state index in [0.29, 0.717) is 11.8 Å². The Morgan fingerprint density at radius 2 is 2.29 bits per heavy atom. The van der Waals surface area contributed by atoms with Gasteiger partial charge >= 0.3 is 0 Å². The molecule has 1 saturated carbocycles. The number of aryl methyl sites for hydroxylation is 1. The van der Waals surface area contributed by atoms with Gasteiger partial charge in [-0.1, -0.05) is 26.7 Å². The molecular weight excluding hydrogens is 230 g/mol. The molecule has 2 rings (SSSR count). The lowest BCUT2D eigenvalue weighted by molar-refractivity contribution is -0.0658. The number of thiazole rings is 1. The Labute approximate surface area is 108 Å². The lowest BCUT2D eigenvalue weighted by Crippen LogP contribution is -2.45. The van der Waals surface area contributed by atoms with Crippen molar-refractivity contribution >= 4 is 11.3 Å². The lowest BCUT2D eigenvalue weighted by Gasteiger charge is -2.42. The smallest absolute Gasteiger partial charge is 0.0897 e. The van der Waals surface area contributed by atoms with Gasteiger partial charge in [0.05, 0.1) is 16.3 Å². The Morgan fingerprint density at radius 1 is 1.53 bits per heavy atom. The summed E-state index contributed by atoms with van der Waals surface area (Å²) in [5, 5.41) is 14.1. The zero-order chi connectivity index (χ0) is 12.5. The Kier molecular flexibility index (Phi) is 3.88. The van der Waals surface area contributed by atoms with Crippen LogP contribution in [0.3, 0.4) is 0 Å². The minimum atomic E-state index is -0.521. The zero-order valence-electron chi connectivity index (χ0n) is 11.1. The average molecular weight is 253 g/mol. The van der Waals surface area contributed by atoms with Crippen LogP contribution in [-0.2, 0) is 6.42 Å². The Hall–Kier alpha value is -0.410. The van der Waals surface area contributed by atoms with Crippen molar-refractivity contribution in [3.8, 4) is 0 Å². The summed E-state index contributed by atoms with van der Waals surface area (Å²) < 4.78 is 0. The Bertz CT molecular complexity index is 374. The zero-order valence-corrected chi connectivity index (χ0v) is 11.9. The highest BCUT2D eigenvalue weighted by Crippen LogP contribution is 2.40. The highest BCUT2D eigenvalue weighted by Gasteiger charge is 2.40. The molecule has 1 fully saturated rings. The first-order valence-corrected chi connectivity index (χ1v) is 7.52. The van der Waals surface area contributed by atoms with Crippen molar-refractivity contribution in [1.29, 1.82) is 0 Å². The molecule has 3 heteroatoms. The van der Waals surface area contributed by atoms with Crippen LogP contribution in [0, 0.1) is 18.8 Å². The fraction of sp³-hybridized carbons (Fsp3) is 0.786. The third-order valence-corrected chi connectivity index (χ3v) is 4.85. The van der Waals surface area contributed by atoms with Crippen molar-refractivity contribution in [1.82, 2.24) is 4.98 Å². The summed E-state index contributed by atoms with van der Waals surface area (Å²) >= 11 is 1.68. The average Bonchev–Trinajstić information content (AvgIpc) is 2.63. The van der Waals surface area contributed by atoms with Crippen LogP contribution in [0.5, 0.6) is 0 Å². The molecule has 0 radical (unpaired) electrons. The lowest BCUT2D eigenvalue weighted by atomic mass is 9.68. The maximum atomic E-state index is 10.9. The Morgan fingerprint density at radius 3 is 2.88 bits per heavy atom. The second-order valence-electron chi connectivity index (χ2n) is 5.73. The van der Waals surface area contributed by atoms with Gasteiger partial charge in [0.15, 0.2) is 0 Å². The largest absolute Gasteiger partial charge is 0.389 e. The molecule has 0 aromatic carbocycles. The summed E-state index contributed by atoms with van der Waals surface area (Å²) in [6.07, 6.45) is 5.26. The number of aromatic nitrogens is 1. The summed E-state index contributed by atoms with van der Waals surface area (Å²) in [4.78, 5) is 4.50. The van der Waals surface area contributed by atoms with Crippen LogP contribution >= 0.6 is 11.3 Å². The minimum Gasteiger partial charge on any atom is -0.389 e. The number of hydrogen-bond donors (Lipinski definition) is 1. The van der Waals surface area contributed by atoms with Gasteiger partial charge in [0.2, 0.25) is 0 Å². The number of nitrogens with zero attached hydrogens (tertiary/aromatic N) is 1. The van der Waals surface area contributed by atoms with Crippen LogP contribution in [0.15, 0.2) is 5.38 Å². The van der Waals surface area contributed by atoms with Gasteiger partial charge in [-0.3, -0.25) is 0 Å². The minimum absolute atomic E-state index is 0.429. The summed E-state index contributed by atoms with van der Waals surface area (Å²) in [6, 6.07) is 0. The van der Waals surface area contributed by atoms with Crippen molar-refractivity contribution in [3.63, 3.8) is 0 Å². The maximum Gasteiger partial charge on any atom is 0.0897 e. The van der Waals surface area contributed by atoms with Gasteiger partial charge in [-0.2, -0.15) is 0 Å². The van der Waals surface area contributed by atoms with E-state index in [-0.39, 0.29) is 0 Å². The first-order valence-electron chi connectivity index (χ1n) is 6.64. The quantitative estimate of drug-likeness (QED) is 0.893. The molecule has 0 aliphatic heterocycles. The number of aliphatic hydroxyl groups is 1. The fourth-order valence-electron chi connectivity index (χ4n) is 3.23. The molecule has 2 atom stereocenters. The van der Waals surface area contributed by atoms with Crippen LogP contribution in [-0.4, -0.2) is 15.7 Å². The SMILES string of the molecule is Cc1nc(CC2(O)CCCCC2C(C)C)cs1. The van der Waals surface area contributed by atoms with E-state index in [2.05, 4.69) is 24.2 Å². The third kappa shape index (κ3) is 2.89. The van der Waals surface area contributed by atoms with E-state index in [9.17, 15) is 5.11 Å². The summed E-state index contributed by atoms with van der Waals surface area (Å²) in [6.45, 7) is 6.49. The molecule has 1 heterocycles. The summed E-state index contributed by atoms with van der Waals surface area (Å²) in [7, 11) is 0. The van der Waals surface area contributed by atoms with Gasteiger partial charge in [0, 0.05) is 11.8 Å². The van der Waals surface area contributed by atoms with Crippen LogP contribution in [0.25, 0.3) is 0 Å². The van der Waals surface area contributed by atoms with E-state index in [4.69, 9.17) is 0 Å². The van der Waals surface area contributed by atoms with E-state index < -0.39 is 5.60 Å². The molecule has 17 heavy (non-hydrogen) atoms. The van der Waals surface area contributed by atoms with Gasteiger partial charge < -0.3 is 5.11 Å². The normalized spacial score (nSPS) is 29.8. The molecule has 0 bridgehead atoms. The van der Waals surface area contributed by atoms with Gasteiger partial charge in [0.25, 0.3) is 0 Å². The number of rotatable bonds is 3. The van der Waals surface area contributed by atoms with Crippen molar-refractivity contribution in [2.24, 2.45) is 11.8 Å². The van der Waals surface area contributed by atoms with Crippen molar-refractivity contribution in [3.05, 3.63) is 16.1 Å². The molecule has 1 aliphatic carbocycles. The molecule has 2 nitrogen and oxygen atoms in total. The predicted octanol–water partition coefficient (Wildman–Crippen LogP) is 3.57. The Balaban J connectivity index is 2.14.